The van der Waals surface area contributed by atoms with Gasteiger partial charge in [-0.25, -0.2) is 22.0 Å². The lowest BCUT2D eigenvalue weighted by molar-refractivity contribution is 0.0450. The molecule has 3 aromatic rings. The number of phenolic OH excluding ortho intramolecular Hbond substituents is 1. The largest absolute Gasteiger partial charge is 0.505 e. The summed E-state index contributed by atoms with van der Waals surface area (Å²) < 4.78 is 67.7. The number of rotatable bonds is 0. The average molecular weight is 516 g/mol. The topological polar surface area (TPSA) is 102 Å². The zero-order valence-corrected chi connectivity index (χ0v) is 18.7. The van der Waals surface area contributed by atoms with E-state index in [9.17, 15) is 27.1 Å². The van der Waals surface area contributed by atoms with Gasteiger partial charge >= 0.3 is 5.97 Å². The van der Waals surface area contributed by atoms with Gasteiger partial charge in [0.05, 0.1) is 16.3 Å². The van der Waals surface area contributed by atoms with Gasteiger partial charge in [-0.3, -0.25) is 4.72 Å². The SMILES string of the molecule is O=C1OCCOc2cc(Cl)ccc2-c2cc(c(F)cc2F)NS(=O)(=O)c2cc1cc(Cl)c2O. The summed E-state index contributed by atoms with van der Waals surface area (Å²) in [7, 11) is -4.68. The molecular weight excluding hydrogens is 503 g/mol. The van der Waals surface area contributed by atoms with E-state index in [4.69, 9.17) is 32.7 Å². The molecule has 0 saturated carbocycles. The summed E-state index contributed by atoms with van der Waals surface area (Å²) in [5, 5.41) is 9.99. The van der Waals surface area contributed by atoms with Crippen LogP contribution in [0.5, 0.6) is 11.5 Å². The van der Waals surface area contributed by atoms with E-state index in [1.807, 2.05) is 4.72 Å². The molecule has 0 fully saturated rings. The molecule has 0 atom stereocenters. The Hall–Kier alpha value is -3.08. The molecule has 0 unspecified atom stereocenters. The maximum atomic E-state index is 14.7. The summed E-state index contributed by atoms with van der Waals surface area (Å²) in [4.78, 5) is 11.6. The smallest absolute Gasteiger partial charge is 0.338 e. The number of sulfonamides is 1. The number of anilines is 1. The van der Waals surface area contributed by atoms with Gasteiger partial charge in [-0.2, -0.15) is 0 Å². The third-order valence-corrected chi connectivity index (χ3v) is 6.56. The van der Waals surface area contributed by atoms with E-state index in [2.05, 4.69) is 0 Å². The first-order valence-corrected chi connectivity index (χ1v) is 11.4. The number of hydrogen-bond acceptors (Lipinski definition) is 6. The Morgan fingerprint density at radius 1 is 0.939 bits per heavy atom. The zero-order chi connectivity index (χ0) is 23.9. The number of fused-ring (bicyclic) bond motifs is 6. The molecule has 12 heteroatoms. The van der Waals surface area contributed by atoms with E-state index in [0.717, 1.165) is 18.2 Å². The number of cyclic esters (lactones) is 1. The standard InChI is InChI=1S/C21H13Cl2F2NO6S/c22-11-1-2-12-13-8-17(16(25)9-15(13)24)26-33(29,30)19-6-10(5-14(23)20(19)27)21(28)32-4-3-31-18(12)7-11/h1-2,5-9,26-27H,3-4H2. The molecule has 0 aromatic heterocycles. The lowest BCUT2D eigenvalue weighted by atomic mass is 10.0. The second kappa shape index (κ2) is 8.69. The van der Waals surface area contributed by atoms with Gasteiger partial charge in [0, 0.05) is 22.2 Å². The molecule has 2 N–H and O–H groups in total. The van der Waals surface area contributed by atoms with E-state index >= 15 is 0 Å². The van der Waals surface area contributed by atoms with Crippen LogP contribution in [-0.2, 0) is 14.8 Å². The summed E-state index contributed by atoms with van der Waals surface area (Å²) in [5.74, 6) is -3.94. The predicted molar refractivity (Wildman–Crippen MR) is 117 cm³/mol. The Kier molecular flexibility index (Phi) is 6.08. The van der Waals surface area contributed by atoms with Gasteiger partial charge in [0.2, 0.25) is 0 Å². The number of phenols is 1. The van der Waals surface area contributed by atoms with Crippen LogP contribution in [0, 0.1) is 11.6 Å². The quantitative estimate of drug-likeness (QED) is 0.408. The molecule has 0 aliphatic carbocycles. The number of carbonyl (C=O) groups excluding carboxylic acids is 1. The van der Waals surface area contributed by atoms with Crippen molar-refractivity contribution in [2.45, 2.75) is 4.90 Å². The van der Waals surface area contributed by atoms with Crippen LogP contribution in [0.2, 0.25) is 10.0 Å². The van der Waals surface area contributed by atoms with E-state index in [1.165, 1.54) is 18.2 Å². The highest BCUT2D eigenvalue weighted by Gasteiger charge is 2.26. The molecule has 1 aliphatic heterocycles. The van der Waals surface area contributed by atoms with Gasteiger partial charge in [-0.15, -0.1) is 0 Å². The molecule has 33 heavy (non-hydrogen) atoms. The summed E-state index contributed by atoms with van der Waals surface area (Å²) in [6.07, 6.45) is 0. The second-order valence-electron chi connectivity index (χ2n) is 6.85. The van der Waals surface area contributed by atoms with Gasteiger partial charge in [0.25, 0.3) is 10.0 Å². The number of halogens is 4. The first-order valence-electron chi connectivity index (χ1n) is 9.21. The number of nitrogens with one attached hydrogen (secondary N) is 1. The Labute approximate surface area is 196 Å². The molecule has 0 amide bonds. The third-order valence-electron chi connectivity index (χ3n) is 4.66. The van der Waals surface area contributed by atoms with Crippen molar-refractivity contribution in [1.82, 2.24) is 0 Å². The van der Waals surface area contributed by atoms with E-state index in [0.29, 0.717) is 6.07 Å². The van der Waals surface area contributed by atoms with Crippen LogP contribution in [0.3, 0.4) is 0 Å². The van der Waals surface area contributed by atoms with E-state index in [1.54, 1.807) is 0 Å². The van der Waals surface area contributed by atoms with Gasteiger partial charge in [0.15, 0.2) is 5.75 Å². The molecular formula is C21H13Cl2F2NO6S. The molecule has 4 rings (SSSR count). The highest BCUT2D eigenvalue weighted by molar-refractivity contribution is 7.92. The monoisotopic (exact) mass is 515 g/mol. The molecule has 4 bridgehead atoms. The number of hydrogen-bond donors (Lipinski definition) is 2. The summed E-state index contributed by atoms with van der Waals surface area (Å²) in [6.45, 7) is -0.426. The third kappa shape index (κ3) is 4.54. The minimum atomic E-state index is -4.68. The number of ether oxygens (including phenoxy) is 2. The highest BCUT2D eigenvalue weighted by atomic mass is 35.5. The van der Waals surface area contributed by atoms with Crippen molar-refractivity contribution in [3.8, 4) is 22.6 Å². The fourth-order valence-electron chi connectivity index (χ4n) is 3.14. The minimum absolute atomic E-state index is 0.0917. The molecule has 1 heterocycles. The minimum Gasteiger partial charge on any atom is -0.505 e. The van der Waals surface area contributed by atoms with Gasteiger partial charge in [-0.05, 0) is 36.4 Å². The van der Waals surface area contributed by atoms with Crippen LogP contribution >= 0.6 is 23.2 Å². The number of carbonyl (C=O) groups is 1. The van der Waals surface area contributed by atoms with Crippen LogP contribution in [0.15, 0.2) is 47.4 Å². The van der Waals surface area contributed by atoms with Crippen molar-refractivity contribution in [2.75, 3.05) is 17.9 Å². The van der Waals surface area contributed by atoms with Crippen molar-refractivity contribution < 1.29 is 36.6 Å². The second-order valence-corrected chi connectivity index (χ2v) is 9.34. The first-order chi connectivity index (χ1) is 15.6. The lowest BCUT2D eigenvalue weighted by Crippen LogP contribution is -2.16. The van der Waals surface area contributed by atoms with E-state index < -0.39 is 49.0 Å². The Morgan fingerprint density at radius 2 is 1.67 bits per heavy atom. The van der Waals surface area contributed by atoms with Gasteiger partial charge in [0.1, 0.15) is 35.5 Å². The fraction of sp³-hybridized carbons (Fsp3) is 0.0952. The van der Waals surface area contributed by atoms with E-state index in [-0.39, 0.29) is 40.7 Å². The Bertz CT molecular complexity index is 1400. The Morgan fingerprint density at radius 3 is 2.42 bits per heavy atom. The number of benzene rings is 3. The van der Waals surface area contributed by atoms with Crippen LogP contribution < -0.4 is 9.46 Å². The highest BCUT2D eigenvalue weighted by Crippen LogP contribution is 2.38. The maximum Gasteiger partial charge on any atom is 0.338 e. The fourth-order valence-corrected chi connectivity index (χ4v) is 4.78. The number of esters is 1. The lowest BCUT2D eigenvalue weighted by Gasteiger charge is -2.15. The molecule has 3 aromatic carbocycles. The summed E-state index contributed by atoms with van der Waals surface area (Å²) in [5.41, 5.74) is -0.948. The van der Waals surface area contributed by atoms with Crippen molar-refractivity contribution in [3.05, 3.63) is 69.7 Å². The van der Waals surface area contributed by atoms with Crippen LogP contribution in [0.1, 0.15) is 10.4 Å². The molecule has 0 radical (unpaired) electrons. The predicted octanol–water partition coefficient (Wildman–Crippen LogP) is 4.99. The van der Waals surface area contributed by atoms with Crippen LogP contribution in [0.25, 0.3) is 11.1 Å². The molecule has 1 aliphatic rings. The molecule has 7 nitrogen and oxygen atoms in total. The summed E-state index contributed by atoms with van der Waals surface area (Å²) in [6, 6.07) is 7.50. The van der Waals surface area contributed by atoms with Crippen molar-refractivity contribution >= 4 is 44.9 Å². The van der Waals surface area contributed by atoms with Crippen molar-refractivity contribution in [3.63, 3.8) is 0 Å². The van der Waals surface area contributed by atoms with Crippen LogP contribution in [-0.4, -0.2) is 32.7 Å². The first kappa shape index (κ1) is 23.1. The van der Waals surface area contributed by atoms with Crippen molar-refractivity contribution in [1.29, 1.82) is 0 Å². The normalized spacial score (nSPS) is 15.2. The Balaban J connectivity index is 1.94. The number of aromatic hydroxyl groups is 1. The van der Waals surface area contributed by atoms with Crippen LogP contribution in [0.4, 0.5) is 14.5 Å². The molecule has 0 saturated heterocycles. The van der Waals surface area contributed by atoms with Gasteiger partial charge < -0.3 is 14.6 Å². The maximum absolute atomic E-state index is 14.7. The van der Waals surface area contributed by atoms with Gasteiger partial charge in [-0.1, -0.05) is 23.2 Å². The summed E-state index contributed by atoms with van der Waals surface area (Å²) >= 11 is 11.9. The molecule has 0 spiro atoms. The van der Waals surface area contributed by atoms with Crippen molar-refractivity contribution in [2.24, 2.45) is 0 Å². The zero-order valence-electron chi connectivity index (χ0n) is 16.4. The average Bonchev–Trinajstić information content (AvgIpc) is 2.74. The molecule has 172 valence electrons.